The Morgan fingerprint density at radius 3 is 2.73 bits per heavy atom. The molecule has 3 rings (SSSR count). The van der Waals surface area contributed by atoms with Crippen LogP contribution in [0, 0.1) is 0 Å². The van der Waals surface area contributed by atoms with Gasteiger partial charge >= 0.3 is 0 Å². The van der Waals surface area contributed by atoms with E-state index in [4.69, 9.17) is 9.47 Å². The summed E-state index contributed by atoms with van der Waals surface area (Å²) in [7, 11) is 3.19. The molecule has 0 bridgehead atoms. The maximum Gasteiger partial charge on any atom is 0.220 e. The highest BCUT2D eigenvalue weighted by atomic mass is 16.5. The zero-order valence-electron chi connectivity index (χ0n) is 15.1. The van der Waals surface area contributed by atoms with Gasteiger partial charge in [-0.3, -0.25) is 9.20 Å². The lowest BCUT2D eigenvalue weighted by molar-refractivity contribution is -0.121. The van der Waals surface area contributed by atoms with Crippen molar-refractivity contribution in [3.05, 3.63) is 54.0 Å². The van der Waals surface area contributed by atoms with Gasteiger partial charge in [0.15, 0.2) is 23.0 Å². The summed E-state index contributed by atoms with van der Waals surface area (Å²) in [5.74, 6) is 2.00. The van der Waals surface area contributed by atoms with E-state index in [1.54, 1.807) is 14.2 Å². The summed E-state index contributed by atoms with van der Waals surface area (Å²) in [5, 5.41) is 11.3. The topological polar surface area (TPSA) is 77.8 Å². The number of nitrogens with zero attached hydrogens (tertiary/aromatic N) is 3. The van der Waals surface area contributed by atoms with Crippen LogP contribution in [0.2, 0.25) is 0 Å². The summed E-state index contributed by atoms with van der Waals surface area (Å²) < 4.78 is 12.4. The van der Waals surface area contributed by atoms with Crippen molar-refractivity contribution in [2.75, 3.05) is 14.2 Å². The third-order valence-electron chi connectivity index (χ3n) is 4.19. The number of fused-ring (bicyclic) bond motifs is 1. The molecule has 2 aromatic heterocycles. The number of aromatic nitrogens is 3. The van der Waals surface area contributed by atoms with E-state index in [1.165, 1.54) is 0 Å². The van der Waals surface area contributed by atoms with Gasteiger partial charge in [-0.2, -0.15) is 0 Å². The highest BCUT2D eigenvalue weighted by Crippen LogP contribution is 2.28. The first-order valence-corrected chi connectivity index (χ1v) is 8.42. The predicted octanol–water partition coefficient (Wildman–Crippen LogP) is 2.56. The summed E-state index contributed by atoms with van der Waals surface area (Å²) in [6, 6.07) is 11.1. The molecule has 0 saturated carbocycles. The number of amides is 1. The standard InChI is InChI=1S/C19H22N4O3/c1-13(19-22-21-17-6-4-5-11-23(17)19)20-18(24)10-8-14-7-9-15(25-2)16(12-14)26-3/h4-7,9,11-13H,8,10H2,1-3H3,(H,20,24)/t13-/m1/s1. The fourth-order valence-corrected chi connectivity index (χ4v) is 2.83. The average Bonchev–Trinajstić information content (AvgIpc) is 3.10. The summed E-state index contributed by atoms with van der Waals surface area (Å²) in [4.78, 5) is 12.3. The van der Waals surface area contributed by atoms with Crippen molar-refractivity contribution in [1.29, 1.82) is 0 Å². The van der Waals surface area contributed by atoms with Gasteiger partial charge in [0.05, 0.1) is 20.3 Å². The molecule has 26 heavy (non-hydrogen) atoms. The number of rotatable bonds is 7. The molecule has 7 nitrogen and oxygen atoms in total. The van der Waals surface area contributed by atoms with E-state index in [2.05, 4.69) is 15.5 Å². The van der Waals surface area contributed by atoms with Gasteiger partial charge in [-0.1, -0.05) is 12.1 Å². The van der Waals surface area contributed by atoms with Crippen LogP contribution < -0.4 is 14.8 Å². The Bertz CT molecular complexity index is 907. The van der Waals surface area contributed by atoms with Crippen molar-refractivity contribution in [2.45, 2.75) is 25.8 Å². The molecule has 7 heteroatoms. The number of methoxy groups -OCH3 is 2. The van der Waals surface area contributed by atoms with Crippen LogP contribution in [0.4, 0.5) is 0 Å². The van der Waals surface area contributed by atoms with E-state index in [1.807, 2.05) is 53.9 Å². The molecule has 0 unspecified atom stereocenters. The van der Waals surface area contributed by atoms with Gasteiger partial charge in [0.25, 0.3) is 0 Å². The third kappa shape index (κ3) is 3.77. The van der Waals surface area contributed by atoms with Gasteiger partial charge in [-0.25, -0.2) is 0 Å². The van der Waals surface area contributed by atoms with Crippen molar-refractivity contribution in [2.24, 2.45) is 0 Å². The highest BCUT2D eigenvalue weighted by Gasteiger charge is 2.15. The number of hydrogen-bond acceptors (Lipinski definition) is 5. The first-order valence-electron chi connectivity index (χ1n) is 8.42. The number of ether oxygens (including phenoxy) is 2. The van der Waals surface area contributed by atoms with Gasteiger partial charge in [-0.15, -0.1) is 10.2 Å². The van der Waals surface area contributed by atoms with Gasteiger partial charge in [0.2, 0.25) is 5.91 Å². The Labute approximate surface area is 152 Å². The van der Waals surface area contributed by atoms with Crippen LogP contribution in [0.1, 0.15) is 30.8 Å². The summed E-state index contributed by atoms with van der Waals surface area (Å²) in [6.07, 6.45) is 2.87. The number of pyridine rings is 1. The molecule has 3 aromatic rings. The van der Waals surface area contributed by atoms with Gasteiger partial charge in [0.1, 0.15) is 0 Å². The summed E-state index contributed by atoms with van der Waals surface area (Å²) >= 11 is 0. The van der Waals surface area contributed by atoms with E-state index >= 15 is 0 Å². The molecular weight excluding hydrogens is 332 g/mol. The molecular formula is C19H22N4O3. The van der Waals surface area contributed by atoms with Crippen LogP contribution in [-0.4, -0.2) is 34.7 Å². The van der Waals surface area contributed by atoms with Crippen LogP contribution >= 0.6 is 0 Å². The number of hydrogen-bond donors (Lipinski definition) is 1. The zero-order valence-corrected chi connectivity index (χ0v) is 15.1. The molecule has 1 atom stereocenters. The molecule has 0 aliphatic rings. The lowest BCUT2D eigenvalue weighted by Gasteiger charge is -2.13. The molecule has 0 fully saturated rings. The van der Waals surface area contributed by atoms with Crippen LogP contribution in [0.15, 0.2) is 42.6 Å². The highest BCUT2D eigenvalue weighted by molar-refractivity contribution is 5.76. The second kappa shape index (κ2) is 7.86. The number of benzene rings is 1. The van der Waals surface area contributed by atoms with E-state index < -0.39 is 0 Å². The monoisotopic (exact) mass is 354 g/mol. The first-order chi connectivity index (χ1) is 12.6. The first kappa shape index (κ1) is 17.7. The van der Waals surface area contributed by atoms with E-state index in [9.17, 15) is 4.79 Å². The zero-order chi connectivity index (χ0) is 18.5. The van der Waals surface area contributed by atoms with Crippen LogP contribution in [0.5, 0.6) is 11.5 Å². The van der Waals surface area contributed by atoms with Crippen molar-refractivity contribution < 1.29 is 14.3 Å². The minimum Gasteiger partial charge on any atom is -0.493 e. The largest absolute Gasteiger partial charge is 0.493 e. The van der Waals surface area contributed by atoms with Crippen molar-refractivity contribution in [1.82, 2.24) is 19.9 Å². The molecule has 136 valence electrons. The lowest BCUT2D eigenvalue weighted by Crippen LogP contribution is -2.28. The molecule has 0 saturated heterocycles. The number of carbonyl (C=O) groups is 1. The van der Waals surface area contributed by atoms with Crippen molar-refractivity contribution in [3.63, 3.8) is 0 Å². The smallest absolute Gasteiger partial charge is 0.220 e. The maximum absolute atomic E-state index is 12.3. The molecule has 0 radical (unpaired) electrons. The second-order valence-electron chi connectivity index (χ2n) is 5.97. The number of carbonyl (C=O) groups excluding carboxylic acids is 1. The summed E-state index contributed by atoms with van der Waals surface area (Å²) in [6.45, 7) is 1.90. The average molecular weight is 354 g/mol. The molecule has 1 N–H and O–H groups in total. The van der Waals surface area contributed by atoms with Crippen molar-refractivity contribution in [3.8, 4) is 11.5 Å². The number of nitrogens with one attached hydrogen (secondary N) is 1. The Hall–Kier alpha value is -3.09. The molecule has 1 aromatic carbocycles. The van der Waals surface area contributed by atoms with E-state index in [0.29, 0.717) is 30.2 Å². The minimum absolute atomic E-state index is 0.0417. The Kier molecular flexibility index (Phi) is 5.36. The molecule has 0 spiro atoms. The quantitative estimate of drug-likeness (QED) is 0.705. The van der Waals surface area contributed by atoms with E-state index in [0.717, 1.165) is 11.2 Å². The van der Waals surface area contributed by atoms with Gasteiger partial charge < -0.3 is 14.8 Å². The SMILES string of the molecule is COc1ccc(CCC(=O)N[C@H](C)c2nnc3ccccn23)cc1OC. The minimum atomic E-state index is -0.231. The summed E-state index contributed by atoms with van der Waals surface area (Å²) in [5.41, 5.74) is 1.77. The molecule has 1 amide bonds. The third-order valence-corrected chi connectivity index (χ3v) is 4.19. The fraction of sp³-hybridized carbons (Fsp3) is 0.316. The van der Waals surface area contributed by atoms with Crippen LogP contribution in [0.3, 0.4) is 0 Å². The van der Waals surface area contributed by atoms with Crippen molar-refractivity contribution >= 4 is 11.6 Å². The molecule has 0 aliphatic heterocycles. The van der Waals surface area contributed by atoms with Crippen LogP contribution in [0.25, 0.3) is 5.65 Å². The number of aryl methyl sites for hydroxylation is 1. The van der Waals surface area contributed by atoms with Gasteiger partial charge in [0, 0.05) is 12.6 Å². The fourth-order valence-electron chi connectivity index (χ4n) is 2.83. The predicted molar refractivity (Wildman–Crippen MR) is 97.4 cm³/mol. The molecule has 0 aliphatic carbocycles. The second-order valence-corrected chi connectivity index (χ2v) is 5.97. The van der Waals surface area contributed by atoms with Crippen LogP contribution in [-0.2, 0) is 11.2 Å². The lowest BCUT2D eigenvalue weighted by atomic mass is 10.1. The Balaban J connectivity index is 1.60. The Morgan fingerprint density at radius 1 is 1.15 bits per heavy atom. The maximum atomic E-state index is 12.3. The normalized spacial score (nSPS) is 12.0. The van der Waals surface area contributed by atoms with Gasteiger partial charge in [-0.05, 0) is 43.2 Å². The van der Waals surface area contributed by atoms with E-state index in [-0.39, 0.29) is 11.9 Å². The molecule has 2 heterocycles. The Morgan fingerprint density at radius 2 is 1.96 bits per heavy atom.